The molecule has 0 aromatic carbocycles. The summed E-state index contributed by atoms with van der Waals surface area (Å²) in [7, 11) is 0. The second kappa shape index (κ2) is 3.44. The van der Waals surface area contributed by atoms with E-state index in [2.05, 4.69) is 24.9 Å². The molecule has 1 aromatic heterocycles. The third-order valence-corrected chi connectivity index (χ3v) is 2.21. The van der Waals surface area contributed by atoms with Crippen LogP contribution in [0.3, 0.4) is 0 Å². The first-order valence-electron chi connectivity index (χ1n) is 4.11. The van der Waals surface area contributed by atoms with Gasteiger partial charge >= 0.3 is 0 Å². The van der Waals surface area contributed by atoms with Crippen LogP contribution in [-0.2, 0) is 6.54 Å². The average molecular weight is 162 g/mol. The van der Waals surface area contributed by atoms with Gasteiger partial charge in [-0.2, -0.15) is 5.10 Å². The Morgan fingerprint density at radius 2 is 2.08 bits per heavy atom. The molecule has 0 unspecified atom stereocenters. The van der Waals surface area contributed by atoms with Gasteiger partial charge < -0.3 is 0 Å². The molecule has 1 rings (SSSR count). The van der Waals surface area contributed by atoms with E-state index in [0.717, 1.165) is 18.7 Å². The normalized spacial score (nSPS) is 9.83. The quantitative estimate of drug-likeness (QED) is 0.607. The fourth-order valence-electron chi connectivity index (χ4n) is 1.17. The molecule has 0 radical (unpaired) electrons. The van der Waals surface area contributed by atoms with Crippen LogP contribution >= 0.6 is 0 Å². The van der Waals surface area contributed by atoms with E-state index in [-0.39, 0.29) is 0 Å². The van der Waals surface area contributed by atoms with E-state index < -0.39 is 0 Å². The Labute approximate surface area is 73.6 Å². The molecule has 0 aliphatic rings. The Morgan fingerprint density at radius 3 is 2.50 bits per heavy atom. The summed E-state index contributed by atoms with van der Waals surface area (Å²) in [5, 5.41) is 4.37. The van der Waals surface area contributed by atoms with Crippen molar-refractivity contribution in [3.8, 4) is 12.3 Å². The maximum absolute atomic E-state index is 5.18. The molecule has 0 aliphatic carbocycles. The summed E-state index contributed by atoms with van der Waals surface area (Å²) >= 11 is 0. The highest BCUT2D eigenvalue weighted by Gasteiger charge is 2.05. The summed E-state index contributed by atoms with van der Waals surface area (Å²) in [6.45, 7) is 7.02. The summed E-state index contributed by atoms with van der Waals surface area (Å²) in [5.41, 5.74) is 3.60. The summed E-state index contributed by atoms with van der Waals surface area (Å²) < 4.78 is 1.98. The SMILES string of the molecule is C#CCCn1nc(C)c(C)c1C. The topological polar surface area (TPSA) is 17.8 Å². The van der Waals surface area contributed by atoms with Gasteiger partial charge in [-0.3, -0.25) is 4.68 Å². The largest absolute Gasteiger partial charge is 0.268 e. The van der Waals surface area contributed by atoms with Crippen LogP contribution < -0.4 is 0 Å². The molecule has 0 atom stereocenters. The number of nitrogens with zero attached hydrogens (tertiary/aromatic N) is 2. The van der Waals surface area contributed by atoms with Crippen LogP contribution in [0, 0.1) is 33.1 Å². The van der Waals surface area contributed by atoms with Crippen molar-refractivity contribution in [2.45, 2.75) is 33.7 Å². The molecule has 0 N–H and O–H groups in total. The lowest BCUT2D eigenvalue weighted by atomic mass is 10.2. The van der Waals surface area contributed by atoms with Crippen molar-refractivity contribution in [2.75, 3.05) is 0 Å². The predicted octanol–water partition coefficient (Wildman–Crippen LogP) is 1.83. The first kappa shape index (κ1) is 8.86. The fraction of sp³-hybridized carbons (Fsp3) is 0.500. The van der Waals surface area contributed by atoms with Gasteiger partial charge in [0.15, 0.2) is 0 Å². The zero-order chi connectivity index (χ0) is 9.14. The van der Waals surface area contributed by atoms with Gasteiger partial charge in [0, 0.05) is 12.1 Å². The minimum absolute atomic E-state index is 0.751. The lowest BCUT2D eigenvalue weighted by Gasteiger charge is -1.99. The van der Waals surface area contributed by atoms with E-state index in [0.29, 0.717) is 0 Å². The van der Waals surface area contributed by atoms with Crippen LogP contribution in [0.4, 0.5) is 0 Å². The standard InChI is InChI=1S/C10H14N2/c1-5-6-7-12-10(4)8(2)9(3)11-12/h1H,6-7H2,2-4H3. The van der Waals surface area contributed by atoms with Crippen molar-refractivity contribution in [3.05, 3.63) is 17.0 Å². The zero-order valence-electron chi connectivity index (χ0n) is 7.89. The van der Waals surface area contributed by atoms with Crippen LogP contribution in [0.2, 0.25) is 0 Å². The van der Waals surface area contributed by atoms with Crippen molar-refractivity contribution in [3.63, 3.8) is 0 Å². The van der Waals surface area contributed by atoms with Gasteiger partial charge in [-0.1, -0.05) is 0 Å². The summed E-state index contributed by atoms with van der Waals surface area (Å²) in [4.78, 5) is 0. The number of aromatic nitrogens is 2. The minimum Gasteiger partial charge on any atom is -0.268 e. The van der Waals surface area contributed by atoms with Gasteiger partial charge in [0.05, 0.1) is 12.2 Å². The van der Waals surface area contributed by atoms with Crippen molar-refractivity contribution in [1.82, 2.24) is 9.78 Å². The molecule has 1 heterocycles. The summed E-state index contributed by atoms with van der Waals surface area (Å²) in [6, 6.07) is 0. The van der Waals surface area contributed by atoms with E-state index in [1.165, 1.54) is 11.3 Å². The van der Waals surface area contributed by atoms with Gasteiger partial charge in [-0.05, 0) is 26.3 Å². The molecular formula is C10H14N2. The molecule has 0 bridgehead atoms. The molecule has 0 saturated heterocycles. The van der Waals surface area contributed by atoms with Crippen LogP contribution in [0.15, 0.2) is 0 Å². The first-order chi connectivity index (χ1) is 5.66. The Balaban J connectivity index is 2.87. The van der Waals surface area contributed by atoms with Gasteiger partial charge in [-0.25, -0.2) is 0 Å². The molecule has 2 nitrogen and oxygen atoms in total. The maximum Gasteiger partial charge on any atom is 0.0625 e. The van der Waals surface area contributed by atoms with Crippen molar-refractivity contribution < 1.29 is 0 Å². The van der Waals surface area contributed by atoms with Gasteiger partial charge in [-0.15, -0.1) is 12.3 Å². The molecule has 0 fully saturated rings. The number of hydrogen-bond acceptors (Lipinski definition) is 1. The minimum atomic E-state index is 0.751. The smallest absolute Gasteiger partial charge is 0.0625 e. The van der Waals surface area contributed by atoms with Gasteiger partial charge in [0.25, 0.3) is 0 Å². The van der Waals surface area contributed by atoms with E-state index in [1.807, 2.05) is 11.6 Å². The Morgan fingerprint density at radius 1 is 1.42 bits per heavy atom. The lowest BCUT2D eigenvalue weighted by molar-refractivity contribution is 0.607. The highest BCUT2D eigenvalue weighted by Crippen LogP contribution is 2.10. The van der Waals surface area contributed by atoms with Crippen molar-refractivity contribution in [1.29, 1.82) is 0 Å². The molecule has 12 heavy (non-hydrogen) atoms. The summed E-state index contributed by atoms with van der Waals surface area (Å²) in [6.07, 6.45) is 5.93. The van der Waals surface area contributed by atoms with Crippen LogP contribution in [0.25, 0.3) is 0 Å². The lowest BCUT2D eigenvalue weighted by Crippen LogP contribution is -2.01. The van der Waals surface area contributed by atoms with Crippen LogP contribution in [0.5, 0.6) is 0 Å². The molecule has 2 heteroatoms. The predicted molar refractivity (Wildman–Crippen MR) is 49.9 cm³/mol. The van der Waals surface area contributed by atoms with E-state index >= 15 is 0 Å². The monoisotopic (exact) mass is 162 g/mol. The maximum atomic E-state index is 5.18. The van der Waals surface area contributed by atoms with Gasteiger partial charge in [0.2, 0.25) is 0 Å². The fourth-order valence-corrected chi connectivity index (χ4v) is 1.17. The van der Waals surface area contributed by atoms with Crippen LogP contribution in [-0.4, -0.2) is 9.78 Å². The Kier molecular flexibility index (Phi) is 2.54. The van der Waals surface area contributed by atoms with E-state index in [4.69, 9.17) is 6.42 Å². The molecule has 1 aromatic rings. The van der Waals surface area contributed by atoms with E-state index in [9.17, 15) is 0 Å². The van der Waals surface area contributed by atoms with Crippen molar-refractivity contribution in [2.24, 2.45) is 0 Å². The van der Waals surface area contributed by atoms with Gasteiger partial charge in [0.1, 0.15) is 0 Å². The third kappa shape index (κ3) is 1.50. The molecule has 0 aliphatic heterocycles. The highest BCUT2D eigenvalue weighted by atomic mass is 15.3. The molecular weight excluding hydrogens is 148 g/mol. The number of rotatable bonds is 2. The number of hydrogen-bond donors (Lipinski definition) is 0. The third-order valence-electron chi connectivity index (χ3n) is 2.21. The molecule has 64 valence electrons. The first-order valence-corrected chi connectivity index (χ1v) is 4.11. The van der Waals surface area contributed by atoms with Crippen molar-refractivity contribution >= 4 is 0 Å². The Bertz CT molecular complexity index is 315. The molecule has 0 amide bonds. The van der Waals surface area contributed by atoms with Crippen LogP contribution in [0.1, 0.15) is 23.4 Å². The second-order valence-corrected chi connectivity index (χ2v) is 2.97. The average Bonchev–Trinajstić information content (AvgIpc) is 2.30. The molecule has 0 spiro atoms. The number of aryl methyl sites for hydroxylation is 2. The zero-order valence-corrected chi connectivity index (χ0v) is 7.89. The van der Waals surface area contributed by atoms with E-state index in [1.54, 1.807) is 0 Å². The summed E-state index contributed by atoms with van der Waals surface area (Å²) in [5.74, 6) is 2.61. The number of terminal acetylenes is 1. The highest BCUT2D eigenvalue weighted by molar-refractivity contribution is 5.22. The Hall–Kier alpha value is -1.23. The second-order valence-electron chi connectivity index (χ2n) is 2.97. The molecule has 0 saturated carbocycles.